The molecule has 0 saturated heterocycles. The molecule has 0 radical (unpaired) electrons. The summed E-state index contributed by atoms with van der Waals surface area (Å²) in [6.45, 7) is 1.37. The summed E-state index contributed by atoms with van der Waals surface area (Å²) in [7, 11) is 0. The van der Waals surface area contributed by atoms with Crippen LogP contribution in [0.2, 0.25) is 0 Å². The highest BCUT2D eigenvalue weighted by molar-refractivity contribution is 5.95. The third-order valence-electron chi connectivity index (χ3n) is 4.63. The molecule has 2 aromatic carbocycles. The van der Waals surface area contributed by atoms with E-state index >= 15 is 0 Å². The molecule has 0 aliphatic carbocycles. The molecule has 0 aromatic heterocycles. The van der Waals surface area contributed by atoms with Crippen molar-refractivity contribution in [3.05, 3.63) is 59.7 Å². The summed E-state index contributed by atoms with van der Waals surface area (Å²) in [6, 6.07) is 14.5. The lowest BCUT2D eigenvalue weighted by molar-refractivity contribution is -0.129. The Balaban J connectivity index is 1.64. The molecule has 2 N–H and O–H groups in total. The summed E-state index contributed by atoms with van der Waals surface area (Å²) in [6.07, 6.45) is 3.98. The largest absolute Gasteiger partial charge is 0.338 e. The van der Waals surface area contributed by atoms with Crippen molar-refractivity contribution in [2.45, 2.75) is 25.7 Å². The molecule has 2 amide bonds. The smallest absolute Gasteiger partial charge is 0.249 e. The van der Waals surface area contributed by atoms with Crippen molar-refractivity contribution in [3.8, 4) is 0 Å². The van der Waals surface area contributed by atoms with Gasteiger partial charge in [0.25, 0.3) is 0 Å². The van der Waals surface area contributed by atoms with E-state index in [1.807, 2.05) is 23.1 Å². The molecule has 0 saturated carbocycles. The summed E-state index contributed by atoms with van der Waals surface area (Å²) in [5, 5.41) is 11.0. The fourth-order valence-corrected chi connectivity index (χ4v) is 3.28. The van der Waals surface area contributed by atoms with Gasteiger partial charge in [-0.05, 0) is 35.6 Å². The fraction of sp³-hybridized carbons (Fsp3) is 0.300. The van der Waals surface area contributed by atoms with Gasteiger partial charge < -0.3 is 4.90 Å². The lowest BCUT2D eigenvalue weighted by atomic mass is 10.0. The van der Waals surface area contributed by atoms with Gasteiger partial charge in [-0.3, -0.25) is 14.8 Å². The number of benzene rings is 2. The quantitative estimate of drug-likeness (QED) is 0.628. The van der Waals surface area contributed by atoms with Crippen LogP contribution >= 0.6 is 0 Å². The van der Waals surface area contributed by atoms with Gasteiger partial charge in [0, 0.05) is 25.1 Å². The van der Waals surface area contributed by atoms with Gasteiger partial charge in [0.15, 0.2) is 0 Å². The molecule has 0 unspecified atom stereocenters. The van der Waals surface area contributed by atoms with Gasteiger partial charge in [-0.25, -0.2) is 5.48 Å². The van der Waals surface area contributed by atoms with Gasteiger partial charge in [0.1, 0.15) is 0 Å². The van der Waals surface area contributed by atoms with E-state index in [-0.39, 0.29) is 12.3 Å². The Morgan fingerprint density at radius 3 is 2.76 bits per heavy atom. The third kappa shape index (κ3) is 4.06. The zero-order valence-corrected chi connectivity index (χ0v) is 14.1. The predicted octanol–water partition coefficient (Wildman–Crippen LogP) is 2.83. The molecule has 2 aromatic rings. The van der Waals surface area contributed by atoms with Gasteiger partial charge in [-0.1, -0.05) is 48.5 Å². The first kappa shape index (κ1) is 17.2. The lowest BCUT2D eigenvalue weighted by Crippen LogP contribution is -2.37. The minimum absolute atomic E-state index is 0.00257. The number of hydrogen-bond acceptors (Lipinski definition) is 3. The zero-order chi connectivity index (χ0) is 17.6. The zero-order valence-electron chi connectivity index (χ0n) is 14.1. The first-order chi connectivity index (χ1) is 12.2. The van der Waals surface area contributed by atoms with E-state index < -0.39 is 5.91 Å². The number of nitrogens with one attached hydrogen (secondary N) is 1. The van der Waals surface area contributed by atoms with Crippen LogP contribution in [0.25, 0.3) is 10.8 Å². The molecule has 0 spiro atoms. The number of hydroxylamine groups is 1. The third-order valence-corrected chi connectivity index (χ3v) is 4.63. The Morgan fingerprint density at radius 1 is 1.12 bits per heavy atom. The Labute approximate surface area is 146 Å². The van der Waals surface area contributed by atoms with Gasteiger partial charge in [-0.2, -0.15) is 0 Å². The molecule has 130 valence electrons. The van der Waals surface area contributed by atoms with E-state index in [1.54, 1.807) is 5.48 Å². The van der Waals surface area contributed by atoms with Crippen LogP contribution in [0.1, 0.15) is 24.8 Å². The minimum atomic E-state index is -0.471. The van der Waals surface area contributed by atoms with Crippen molar-refractivity contribution in [2.24, 2.45) is 0 Å². The topological polar surface area (TPSA) is 69.6 Å². The molecule has 5 heteroatoms. The van der Waals surface area contributed by atoms with Gasteiger partial charge in [0.05, 0.1) is 0 Å². The molecule has 0 fully saturated rings. The van der Waals surface area contributed by atoms with Crippen LogP contribution < -0.4 is 5.48 Å². The second-order valence-corrected chi connectivity index (χ2v) is 6.23. The average Bonchev–Trinajstić information content (AvgIpc) is 2.66. The summed E-state index contributed by atoms with van der Waals surface area (Å²) in [4.78, 5) is 25.6. The number of carbonyl (C=O) groups is 2. The van der Waals surface area contributed by atoms with Crippen LogP contribution in [-0.2, 0) is 16.0 Å². The SMILES string of the molecule is O=C(CCC1=CCCN(CCc2cccc3ccccc23)C1=O)NO. The summed E-state index contributed by atoms with van der Waals surface area (Å²) >= 11 is 0. The van der Waals surface area contributed by atoms with E-state index in [2.05, 4.69) is 30.3 Å². The number of amides is 2. The molecule has 1 aliphatic heterocycles. The fourth-order valence-electron chi connectivity index (χ4n) is 3.28. The van der Waals surface area contributed by atoms with Crippen LogP contribution in [0.3, 0.4) is 0 Å². The van der Waals surface area contributed by atoms with Crippen molar-refractivity contribution in [1.29, 1.82) is 0 Å². The second kappa shape index (κ2) is 7.94. The predicted molar refractivity (Wildman–Crippen MR) is 96.1 cm³/mol. The molecule has 25 heavy (non-hydrogen) atoms. The normalized spacial score (nSPS) is 14.5. The molecule has 1 heterocycles. The van der Waals surface area contributed by atoms with Crippen molar-refractivity contribution < 1.29 is 14.8 Å². The maximum atomic E-state index is 12.6. The van der Waals surface area contributed by atoms with Crippen molar-refractivity contribution >= 4 is 22.6 Å². The molecule has 5 nitrogen and oxygen atoms in total. The first-order valence-corrected chi connectivity index (χ1v) is 8.57. The van der Waals surface area contributed by atoms with Gasteiger partial charge in [-0.15, -0.1) is 0 Å². The highest BCUT2D eigenvalue weighted by Crippen LogP contribution is 2.21. The van der Waals surface area contributed by atoms with Gasteiger partial charge in [0.2, 0.25) is 11.8 Å². The highest BCUT2D eigenvalue weighted by atomic mass is 16.5. The Morgan fingerprint density at radius 2 is 1.92 bits per heavy atom. The highest BCUT2D eigenvalue weighted by Gasteiger charge is 2.22. The van der Waals surface area contributed by atoms with E-state index in [0.717, 1.165) is 12.8 Å². The summed E-state index contributed by atoms with van der Waals surface area (Å²) in [5.41, 5.74) is 3.50. The second-order valence-electron chi connectivity index (χ2n) is 6.23. The van der Waals surface area contributed by atoms with E-state index in [4.69, 9.17) is 5.21 Å². The van der Waals surface area contributed by atoms with Gasteiger partial charge >= 0.3 is 0 Å². The first-order valence-electron chi connectivity index (χ1n) is 8.57. The molecular weight excluding hydrogens is 316 g/mol. The molecule has 0 bridgehead atoms. The average molecular weight is 338 g/mol. The van der Waals surface area contributed by atoms with Crippen LogP contribution in [0, 0.1) is 0 Å². The van der Waals surface area contributed by atoms with Crippen LogP contribution in [-0.4, -0.2) is 35.0 Å². The van der Waals surface area contributed by atoms with E-state index in [9.17, 15) is 9.59 Å². The number of rotatable bonds is 6. The van der Waals surface area contributed by atoms with Crippen molar-refractivity contribution in [1.82, 2.24) is 10.4 Å². The van der Waals surface area contributed by atoms with E-state index in [0.29, 0.717) is 25.1 Å². The lowest BCUT2D eigenvalue weighted by Gasteiger charge is -2.27. The van der Waals surface area contributed by atoms with Crippen molar-refractivity contribution in [3.63, 3.8) is 0 Å². The molecule has 0 atom stereocenters. The maximum absolute atomic E-state index is 12.6. The summed E-state index contributed by atoms with van der Waals surface area (Å²) < 4.78 is 0. The maximum Gasteiger partial charge on any atom is 0.249 e. The van der Waals surface area contributed by atoms with Crippen LogP contribution in [0.5, 0.6) is 0 Å². The summed E-state index contributed by atoms with van der Waals surface area (Å²) in [5.74, 6) is -0.473. The molecule has 3 rings (SSSR count). The monoisotopic (exact) mass is 338 g/mol. The molecular formula is C20H22N2O3. The van der Waals surface area contributed by atoms with Crippen LogP contribution in [0.15, 0.2) is 54.1 Å². The van der Waals surface area contributed by atoms with Crippen LogP contribution in [0.4, 0.5) is 0 Å². The van der Waals surface area contributed by atoms with E-state index in [1.165, 1.54) is 16.3 Å². The number of hydrogen-bond donors (Lipinski definition) is 2. The number of carbonyl (C=O) groups excluding carboxylic acids is 2. The Kier molecular flexibility index (Phi) is 5.46. The minimum Gasteiger partial charge on any atom is -0.338 e. The molecule has 1 aliphatic rings. The van der Waals surface area contributed by atoms with Crippen molar-refractivity contribution in [2.75, 3.05) is 13.1 Å². The standard InChI is InChI=1S/C20H22N2O3/c23-19(21-25)11-10-17-8-4-13-22(20(17)24)14-12-16-7-3-6-15-5-1-2-9-18(15)16/h1-3,5-9,25H,4,10-14H2,(H,21,23). The Hall–Kier alpha value is -2.66. The number of nitrogens with zero attached hydrogens (tertiary/aromatic N) is 1. The number of fused-ring (bicyclic) bond motifs is 1. The Bertz CT molecular complexity index is 808.